The number of nitrogens with zero attached hydrogens (tertiary/aromatic N) is 1. The third kappa shape index (κ3) is 2.08. The summed E-state index contributed by atoms with van der Waals surface area (Å²) in [5.74, 6) is -0.0454. The molecule has 0 aromatic rings. The van der Waals surface area contributed by atoms with E-state index in [1.165, 1.54) is 39.3 Å². The first-order chi connectivity index (χ1) is 8.23. The average Bonchev–Trinajstić information content (AvgIpc) is 3.03. The number of rotatable bonds is 3. The quantitative estimate of drug-likeness (QED) is 0.742. The topological polar surface area (TPSA) is 41.6 Å². The second-order valence-corrected chi connectivity index (χ2v) is 5.78. The van der Waals surface area contributed by atoms with Crippen LogP contribution in [0.25, 0.3) is 0 Å². The van der Waals surface area contributed by atoms with Crippen molar-refractivity contribution in [2.45, 2.75) is 56.1 Å². The minimum absolute atomic E-state index is 0.0454. The van der Waals surface area contributed by atoms with Crippen molar-refractivity contribution in [1.29, 1.82) is 0 Å². The highest BCUT2D eigenvalue weighted by Gasteiger charge is 2.49. The summed E-state index contributed by atoms with van der Waals surface area (Å²) >= 11 is 0. The number of ether oxygens (including phenoxy) is 1. The highest BCUT2D eigenvalue weighted by Crippen LogP contribution is 2.36. The number of carbonyl (C=O) groups is 1. The Morgan fingerprint density at radius 3 is 2.88 bits per heavy atom. The lowest BCUT2D eigenvalue weighted by Gasteiger charge is -2.42. The molecule has 3 fully saturated rings. The van der Waals surface area contributed by atoms with Crippen molar-refractivity contribution in [1.82, 2.24) is 10.2 Å². The van der Waals surface area contributed by atoms with Crippen LogP contribution >= 0.6 is 0 Å². The monoisotopic (exact) mass is 238 g/mol. The molecule has 1 saturated carbocycles. The maximum Gasteiger partial charge on any atom is 0.326 e. The van der Waals surface area contributed by atoms with Gasteiger partial charge in [-0.2, -0.15) is 0 Å². The number of carbonyl (C=O) groups excluding carboxylic acids is 1. The third-order valence-corrected chi connectivity index (χ3v) is 4.54. The molecule has 96 valence electrons. The Hall–Kier alpha value is -0.610. The van der Waals surface area contributed by atoms with Gasteiger partial charge in [-0.25, -0.2) is 0 Å². The molecule has 3 rings (SSSR count). The van der Waals surface area contributed by atoms with E-state index in [4.69, 9.17) is 4.74 Å². The summed E-state index contributed by atoms with van der Waals surface area (Å²) in [6.45, 7) is 2.25. The minimum Gasteiger partial charge on any atom is -0.468 e. The van der Waals surface area contributed by atoms with E-state index < -0.39 is 0 Å². The zero-order valence-electron chi connectivity index (χ0n) is 10.6. The number of hydrogen-bond donors (Lipinski definition) is 1. The Morgan fingerprint density at radius 2 is 2.18 bits per heavy atom. The molecular formula is C13H22N2O2. The van der Waals surface area contributed by atoms with E-state index in [2.05, 4.69) is 10.2 Å². The molecule has 1 N–H and O–H groups in total. The molecule has 2 aliphatic heterocycles. The molecule has 4 heteroatoms. The lowest BCUT2D eigenvalue weighted by molar-refractivity contribution is -0.151. The molecule has 0 aromatic heterocycles. The zero-order valence-corrected chi connectivity index (χ0v) is 10.6. The van der Waals surface area contributed by atoms with Crippen LogP contribution in [-0.4, -0.2) is 48.7 Å². The largest absolute Gasteiger partial charge is 0.468 e. The molecule has 3 aliphatic rings. The van der Waals surface area contributed by atoms with Gasteiger partial charge >= 0.3 is 5.97 Å². The number of piperidine rings is 1. The fourth-order valence-electron chi connectivity index (χ4n) is 3.45. The van der Waals surface area contributed by atoms with Gasteiger partial charge in [0.2, 0.25) is 0 Å². The predicted molar refractivity (Wildman–Crippen MR) is 64.7 cm³/mol. The Morgan fingerprint density at radius 1 is 1.35 bits per heavy atom. The van der Waals surface area contributed by atoms with E-state index in [9.17, 15) is 4.79 Å². The van der Waals surface area contributed by atoms with Crippen molar-refractivity contribution >= 4 is 5.97 Å². The number of hydrogen-bond acceptors (Lipinski definition) is 4. The SMILES string of the molecule is COC(=O)C1(NC2CC2)CCN2CCCC2C1. The lowest BCUT2D eigenvalue weighted by Crippen LogP contribution is -2.61. The van der Waals surface area contributed by atoms with Gasteiger partial charge in [0.25, 0.3) is 0 Å². The summed E-state index contributed by atoms with van der Waals surface area (Å²) in [6.07, 6.45) is 6.81. The van der Waals surface area contributed by atoms with Crippen molar-refractivity contribution in [2.75, 3.05) is 20.2 Å². The summed E-state index contributed by atoms with van der Waals surface area (Å²) in [7, 11) is 1.51. The van der Waals surface area contributed by atoms with Crippen LogP contribution in [0.1, 0.15) is 38.5 Å². The van der Waals surface area contributed by atoms with Crippen molar-refractivity contribution in [3.63, 3.8) is 0 Å². The molecule has 1 aliphatic carbocycles. The lowest BCUT2D eigenvalue weighted by atomic mass is 9.83. The number of fused-ring (bicyclic) bond motifs is 1. The van der Waals surface area contributed by atoms with E-state index in [0.29, 0.717) is 12.1 Å². The van der Waals surface area contributed by atoms with Gasteiger partial charge in [0.15, 0.2) is 0 Å². The first-order valence-electron chi connectivity index (χ1n) is 6.84. The van der Waals surface area contributed by atoms with Crippen LogP contribution in [0.15, 0.2) is 0 Å². The number of nitrogens with one attached hydrogen (secondary N) is 1. The summed E-state index contributed by atoms with van der Waals surface area (Å²) in [5, 5.41) is 3.57. The average molecular weight is 238 g/mol. The van der Waals surface area contributed by atoms with Gasteiger partial charge in [-0.3, -0.25) is 10.1 Å². The molecule has 0 bridgehead atoms. The van der Waals surface area contributed by atoms with E-state index in [1.54, 1.807) is 0 Å². The normalized spacial score (nSPS) is 37.8. The summed E-state index contributed by atoms with van der Waals surface area (Å²) < 4.78 is 5.05. The van der Waals surface area contributed by atoms with Crippen molar-refractivity contribution in [3.8, 4) is 0 Å². The second kappa shape index (κ2) is 4.25. The van der Waals surface area contributed by atoms with Gasteiger partial charge in [0, 0.05) is 18.6 Å². The van der Waals surface area contributed by atoms with Gasteiger partial charge in [-0.05, 0) is 45.1 Å². The maximum absolute atomic E-state index is 12.1. The van der Waals surface area contributed by atoms with Crippen LogP contribution in [0.2, 0.25) is 0 Å². The van der Waals surface area contributed by atoms with Crippen molar-refractivity contribution in [2.24, 2.45) is 0 Å². The molecule has 17 heavy (non-hydrogen) atoms. The van der Waals surface area contributed by atoms with Crippen LogP contribution in [0.5, 0.6) is 0 Å². The first-order valence-corrected chi connectivity index (χ1v) is 6.84. The Kier molecular flexibility index (Phi) is 2.87. The molecular weight excluding hydrogens is 216 g/mol. The van der Waals surface area contributed by atoms with Crippen LogP contribution < -0.4 is 5.32 Å². The Labute approximate surface area is 103 Å². The molecule has 0 aromatic carbocycles. The third-order valence-electron chi connectivity index (χ3n) is 4.54. The van der Waals surface area contributed by atoms with Gasteiger partial charge in [-0.1, -0.05) is 0 Å². The smallest absolute Gasteiger partial charge is 0.326 e. The first kappa shape index (κ1) is 11.5. The molecule has 2 heterocycles. The fraction of sp³-hybridized carbons (Fsp3) is 0.923. The Balaban J connectivity index is 1.76. The highest BCUT2D eigenvalue weighted by atomic mass is 16.5. The van der Waals surface area contributed by atoms with Gasteiger partial charge in [-0.15, -0.1) is 0 Å². The zero-order chi connectivity index (χ0) is 11.9. The maximum atomic E-state index is 12.1. The van der Waals surface area contributed by atoms with Crippen LogP contribution in [-0.2, 0) is 9.53 Å². The highest BCUT2D eigenvalue weighted by molar-refractivity contribution is 5.81. The standard InChI is InChI=1S/C13H22N2O2/c1-17-12(16)13(14-10-4-5-10)6-8-15-7-2-3-11(15)9-13/h10-11,14H,2-9H2,1H3. The van der Waals surface area contributed by atoms with Gasteiger partial charge in [0.1, 0.15) is 5.54 Å². The van der Waals surface area contributed by atoms with E-state index in [0.717, 1.165) is 19.4 Å². The van der Waals surface area contributed by atoms with E-state index in [1.807, 2.05) is 0 Å². The molecule has 2 atom stereocenters. The van der Waals surface area contributed by atoms with Gasteiger partial charge in [0.05, 0.1) is 7.11 Å². The molecule has 0 spiro atoms. The number of methoxy groups -OCH3 is 1. The van der Waals surface area contributed by atoms with E-state index >= 15 is 0 Å². The van der Waals surface area contributed by atoms with E-state index in [-0.39, 0.29) is 11.5 Å². The fourth-order valence-corrected chi connectivity index (χ4v) is 3.45. The van der Waals surface area contributed by atoms with Crippen LogP contribution in [0.4, 0.5) is 0 Å². The van der Waals surface area contributed by atoms with Crippen LogP contribution in [0, 0.1) is 0 Å². The molecule has 4 nitrogen and oxygen atoms in total. The van der Waals surface area contributed by atoms with Crippen LogP contribution in [0.3, 0.4) is 0 Å². The number of esters is 1. The molecule has 2 unspecified atom stereocenters. The molecule has 0 radical (unpaired) electrons. The second-order valence-electron chi connectivity index (χ2n) is 5.78. The van der Waals surface area contributed by atoms with Crippen molar-refractivity contribution in [3.05, 3.63) is 0 Å². The molecule has 0 amide bonds. The Bertz CT molecular complexity index is 317. The summed E-state index contributed by atoms with van der Waals surface area (Å²) in [5.41, 5.74) is -0.387. The minimum atomic E-state index is -0.387. The predicted octanol–water partition coefficient (Wildman–Crippen LogP) is 0.908. The van der Waals surface area contributed by atoms with Gasteiger partial charge < -0.3 is 9.64 Å². The van der Waals surface area contributed by atoms with Crippen molar-refractivity contribution < 1.29 is 9.53 Å². The summed E-state index contributed by atoms with van der Waals surface area (Å²) in [6, 6.07) is 1.15. The summed E-state index contributed by atoms with van der Waals surface area (Å²) in [4.78, 5) is 14.7. The molecule has 2 saturated heterocycles.